The Labute approximate surface area is 338 Å². The van der Waals surface area contributed by atoms with E-state index in [1.807, 2.05) is 0 Å². The van der Waals surface area contributed by atoms with E-state index in [0.717, 1.165) is 19.3 Å². The average Bonchev–Trinajstić information content (AvgIpc) is 3.86. The minimum absolute atomic E-state index is 0.0584. The summed E-state index contributed by atoms with van der Waals surface area (Å²) >= 11 is 0. The molecule has 57 heavy (non-hydrogen) atoms. The van der Waals surface area contributed by atoms with E-state index >= 15 is 0 Å². The van der Waals surface area contributed by atoms with Crippen molar-refractivity contribution in [3.63, 3.8) is 0 Å². The molecule has 0 aliphatic carbocycles. The normalized spacial score (nSPS) is 18.3. The highest BCUT2D eigenvalue weighted by atomic mass is 31.2. The van der Waals surface area contributed by atoms with Crippen LogP contribution < -0.4 is 10.5 Å². The Kier molecular flexibility index (Phi) is 20.2. The third kappa shape index (κ3) is 15.3. The number of hydrogen-bond acceptors (Lipinski definition) is 12. The molecule has 0 radical (unpaired) electrons. The molecule has 15 heteroatoms. The Morgan fingerprint density at radius 2 is 1.63 bits per heavy atom. The van der Waals surface area contributed by atoms with Crippen LogP contribution in [0.25, 0.3) is 5.52 Å². The fourth-order valence-electron chi connectivity index (χ4n) is 7.14. The first-order chi connectivity index (χ1) is 27.7. The van der Waals surface area contributed by atoms with Gasteiger partial charge in [0.05, 0.1) is 57.0 Å². The molecule has 2 aromatic heterocycles. The van der Waals surface area contributed by atoms with Crippen molar-refractivity contribution in [2.45, 2.75) is 147 Å². The lowest BCUT2D eigenvalue weighted by Crippen LogP contribution is -2.28. The fourth-order valence-corrected chi connectivity index (χ4v) is 7.93. The van der Waals surface area contributed by atoms with Crippen molar-refractivity contribution in [2.75, 3.05) is 39.3 Å². The Morgan fingerprint density at radius 3 is 2.26 bits per heavy atom. The number of rotatable bonds is 30. The van der Waals surface area contributed by atoms with Gasteiger partial charge in [-0.3, -0.25) is 9.05 Å². The molecule has 1 fully saturated rings. The second-order valence-electron chi connectivity index (χ2n) is 14.9. The fraction of sp³-hybridized carbons (Fsp3) is 0.667. The Balaban J connectivity index is 1.18. The number of methoxy groups -OCH3 is 1. The summed E-state index contributed by atoms with van der Waals surface area (Å²) < 4.78 is 48.9. The van der Waals surface area contributed by atoms with Crippen LogP contribution in [0.5, 0.6) is 5.75 Å². The Bertz CT molecular complexity index is 1760. The lowest BCUT2D eigenvalue weighted by molar-refractivity contribution is -0.0563. The first-order valence-corrected chi connectivity index (χ1v) is 22.3. The molecule has 4 rings (SSSR count). The van der Waals surface area contributed by atoms with Gasteiger partial charge in [-0.1, -0.05) is 103 Å². The van der Waals surface area contributed by atoms with Crippen molar-refractivity contribution < 1.29 is 37.5 Å². The van der Waals surface area contributed by atoms with E-state index < -0.39 is 25.6 Å². The molecule has 0 amide bonds. The van der Waals surface area contributed by atoms with Gasteiger partial charge >= 0.3 is 7.82 Å². The van der Waals surface area contributed by atoms with Gasteiger partial charge in [-0.25, -0.2) is 14.1 Å². The molecule has 14 nitrogen and oxygen atoms in total. The second-order valence-corrected chi connectivity index (χ2v) is 16.3. The largest absolute Gasteiger partial charge is 0.496 e. The summed E-state index contributed by atoms with van der Waals surface area (Å²) in [5.41, 5.74) is 6.74. The first kappa shape index (κ1) is 46.1. The van der Waals surface area contributed by atoms with E-state index in [-0.39, 0.29) is 32.2 Å². The van der Waals surface area contributed by atoms with Crippen molar-refractivity contribution in [2.24, 2.45) is 0 Å². The van der Waals surface area contributed by atoms with Crippen LogP contribution in [-0.2, 0) is 40.0 Å². The Morgan fingerprint density at radius 1 is 0.965 bits per heavy atom. The van der Waals surface area contributed by atoms with Crippen LogP contribution in [0.1, 0.15) is 139 Å². The van der Waals surface area contributed by atoms with Crippen LogP contribution in [0.4, 0.5) is 5.82 Å². The van der Waals surface area contributed by atoms with Crippen LogP contribution in [-0.4, -0.2) is 65.2 Å². The number of ether oxygens (including phenoxy) is 4. The molecule has 0 saturated carbocycles. The van der Waals surface area contributed by atoms with Crippen LogP contribution in [0.2, 0.25) is 0 Å². The van der Waals surface area contributed by atoms with E-state index in [1.54, 1.807) is 30.3 Å². The second kappa shape index (κ2) is 25.0. The van der Waals surface area contributed by atoms with E-state index in [0.29, 0.717) is 47.5 Å². The number of unbranched alkanes of at least 4 members (excludes halogenated alkanes) is 15. The maximum Gasteiger partial charge on any atom is 0.472 e. The summed E-state index contributed by atoms with van der Waals surface area (Å²) in [5.74, 6) is 0.816. The van der Waals surface area contributed by atoms with E-state index in [9.17, 15) is 20.0 Å². The van der Waals surface area contributed by atoms with Crippen molar-refractivity contribution in [3.05, 3.63) is 53.5 Å². The number of aromatic nitrogens is 3. The Hall–Kier alpha value is -3.59. The number of anilines is 1. The molecule has 3 heterocycles. The summed E-state index contributed by atoms with van der Waals surface area (Å²) in [5, 5.41) is 23.8. The van der Waals surface area contributed by atoms with Gasteiger partial charge < -0.3 is 29.6 Å². The van der Waals surface area contributed by atoms with Gasteiger partial charge in [-0.15, -0.1) is 0 Å². The zero-order valence-corrected chi connectivity index (χ0v) is 34.8. The van der Waals surface area contributed by atoms with Gasteiger partial charge in [0.2, 0.25) is 0 Å². The molecule has 3 aromatic rings. The molecule has 1 aliphatic heterocycles. The highest BCUT2D eigenvalue weighted by molar-refractivity contribution is 7.47. The monoisotopic (exact) mass is 810 g/mol. The van der Waals surface area contributed by atoms with E-state index in [4.69, 9.17) is 33.7 Å². The molecule has 0 bridgehead atoms. The number of phosphoric ester groups is 1. The maximum absolute atomic E-state index is 13.1. The van der Waals surface area contributed by atoms with Gasteiger partial charge in [0.25, 0.3) is 0 Å². The molecule has 0 spiro atoms. The van der Waals surface area contributed by atoms with Crippen LogP contribution in [0.15, 0.2) is 36.7 Å². The topological polar surface area (TPSA) is 196 Å². The molecule has 1 aliphatic rings. The lowest BCUT2D eigenvalue weighted by atomic mass is 9.98. The van der Waals surface area contributed by atoms with E-state index in [1.165, 1.54) is 101 Å². The summed E-state index contributed by atoms with van der Waals surface area (Å²) in [6, 6.07) is 12.8. The predicted octanol–water partition coefficient (Wildman–Crippen LogP) is 9.09. The van der Waals surface area contributed by atoms with Crippen LogP contribution in [0.3, 0.4) is 0 Å². The third-order valence-electron chi connectivity index (χ3n) is 10.4. The summed E-state index contributed by atoms with van der Waals surface area (Å²) in [6.07, 6.45) is 21.2. The molecule has 1 aromatic carbocycles. The molecule has 4 atom stereocenters. The van der Waals surface area contributed by atoms with Crippen molar-refractivity contribution in [3.8, 4) is 17.9 Å². The minimum atomic E-state index is -4.57. The van der Waals surface area contributed by atoms with Crippen LogP contribution in [0, 0.1) is 22.7 Å². The standard InChI is InChI=1S/C42H63N6O8P/c1-3-4-5-6-7-8-9-10-11-12-13-14-15-16-17-18-25-52-29-37(53-28-35-26-34(27-43)19-21-39(35)51-2)31-55-57(49,50)54-30-36-23-24-42(32-44,56-36)40-22-20-38-41(45)46-33-47-48(38)40/h19-22,26,33,36-37H,3-18,23-25,28-31H2,1-2H3,(H,49,50)(H2,45,46,47)/t36-,37+,42-/m0/s1. The molecule has 314 valence electrons. The van der Waals surface area contributed by atoms with Gasteiger partial charge in [0.1, 0.15) is 29.8 Å². The lowest BCUT2D eigenvalue weighted by Gasteiger charge is -2.23. The summed E-state index contributed by atoms with van der Waals surface area (Å²) in [4.78, 5) is 14.6. The van der Waals surface area contributed by atoms with Crippen molar-refractivity contribution in [1.82, 2.24) is 14.6 Å². The van der Waals surface area contributed by atoms with Crippen molar-refractivity contribution >= 4 is 19.2 Å². The van der Waals surface area contributed by atoms with Gasteiger partial charge in [-0.2, -0.15) is 15.6 Å². The number of nitrogens with zero attached hydrogens (tertiary/aromatic N) is 5. The smallest absolute Gasteiger partial charge is 0.472 e. The van der Waals surface area contributed by atoms with Crippen molar-refractivity contribution in [1.29, 1.82) is 10.5 Å². The third-order valence-corrected chi connectivity index (χ3v) is 11.4. The summed E-state index contributed by atoms with van der Waals surface area (Å²) in [6.45, 7) is 2.39. The van der Waals surface area contributed by atoms with E-state index in [2.05, 4.69) is 29.1 Å². The maximum atomic E-state index is 13.1. The number of nitrogens with two attached hydrogens (primary N) is 1. The molecule has 1 saturated heterocycles. The summed E-state index contributed by atoms with van der Waals surface area (Å²) in [7, 11) is -3.03. The zero-order chi connectivity index (χ0) is 40.8. The number of nitrogen functional groups attached to an aromatic ring is 1. The number of hydrogen-bond donors (Lipinski definition) is 2. The number of phosphoric acid groups is 1. The van der Waals surface area contributed by atoms with Gasteiger partial charge in [-0.05, 0) is 49.6 Å². The highest BCUT2D eigenvalue weighted by Gasteiger charge is 2.45. The molecule has 3 N–H and O–H groups in total. The van der Waals surface area contributed by atoms with Gasteiger partial charge in [0, 0.05) is 12.2 Å². The minimum Gasteiger partial charge on any atom is -0.496 e. The number of benzene rings is 1. The quantitative estimate of drug-likeness (QED) is 0.0478. The molecule has 1 unspecified atom stereocenters. The average molecular weight is 811 g/mol. The molecular weight excluding hydrogens is 747 g/mol. The zero-order valence-electron chi connectivity index (χ0n) is 33.9. The van der Waals surface area contributed by atoms with Gasteiger partial charge in [0.15, 0.2) is 11.4 Å². The van der Waals surface area contributed by atoms with Crippen LogP contribution >= 0.6 is 7.82 Å². The number of fused-ring (bicyclic) bond motifs is 1. The predicted molar refractivity (Wildman–Crippen MR) is 217 cm³/mol. The number of nitriles is 2. The SMILES string of the molecule is CCCCCCCCCCCCCCCCCCOC[C@H](COP(=O)(O)OC[C@@H]1CC[C@](C#N)(c2ccc3c(N)ncnn23)O1)OCc1cc(C#N)ccc1OC. The molecular formula is C42H63N6O8P. The first-order valence-electron chi connectivity index (χ1n) is 20.8. The highest BCUT2D eigenvalue weighted by Crippen LogP contribution is 2.46.